The van der Waals surface area contributed by atoms with E-state index in [1.165, 1.54) is 41.8 Å². The zero-order valence-electron chi connectivity index (χ0n) is 11.8. The minimum atomic E-state index is -0.652. The number of thioether (sulfide) groups is 1. The summed E-state index contributed by atoms with van der Waals surface area (Å²) in [6.07, 6.45) is 0. The largest absolute Gasteiger partial charge is 0.507 e. The number of carbonyl (C=O) groups excluding carboxylic acids is 2. The van der Waals surface area contributed by atoms with Crippen molar-refractivity contribution in [1.82, 2.24) is 20.2 Å². The molecule has 0 aliphatic carbocycles. The molecule has 10 heteroatoms. The smallest absolute Gasteiger partial charge is 0.341 e. The van der Waals surface area contributed by atoms with Crippen molar-refractivity contribution >= 4 is 29.3 Å². The van der Waals surface area contributed by atoms with Crippen LogP contribution in [-0.2, 0) is 16.6 Å². The van der Waals surface area contributed by atoms with Crippen molar-refractivity contribution in [2.45, 2.75) is 5.16 Å². The van der Waals surface area contributed by atoms with Crippen LogP contribution in [0.1, 0.15) is 10.4 Å². The molecule has 0 spiro atoms. The first kappa shape index (κ1) is 15.8. The van der Waals surface area contributed by atoms with Crippen molar-refractivity contribution in [3.8, 4) is 5.75 Å². The van der Waals surface area contributed by atoms with Gasteiger partial charge >= 0.3 is 5.97 Å². The number of esters is 1. The molecule has 1 aromatic carbocycles. The Balaban J connectivity index is 1.95. The quantitative estimate of drug-likeness (QED) is 0.600. The molecule has 0 fully saturated rings. The molecular weight excluding hydrogens is 310 g/mol. The molecule has 2 N–H and O–H groups in total. The average Bonchev–Trinajstić information content (AvgIpc) is 2.90. The zero-order chi connectivity index (χ0) is 16.1. The molecular formula is C12H13N5O4S. The van der Waals surface area contributed by atoms with Crippen molar-refractivity contribution in [1.29, 1.82) is 0 Å². The molecule has 22 heavy (non-hydrogen) atoms. The van der Waals surface area contributed by atoms with Crippen molar-refractivity contribution < 1.29 is 19.4 Å². The number of anilines is 1. The number of methoxy groups -OCH3 is 1. The van der Waals surface area contributed by atoms with E-state index in [0.29, 0.717) is 10.8 Å². The fraction of sp³-hybridized carbons (Fsp3) is 0.250. The van der Waals surface area contributed by atoms with E-state index >= 15 is 0 Å². The Bertz CT molecular complexity index is 703. The lowest BCUT2D eigenvalue weighted by molar-refractivity contribution is -0.113. The van der Waals surface area contributed by atoms with Gasteiger partial charge in [-0.25, -0.2) is 9.48 Å². The number of benzene rings is 1. The van der Waals surface area contributed by atoms with Gasteiger partial charge in [0.2, 0.25) is 11.1 Å². The number of rotatable bonds is 5. The maximum Gasteiger partial charge on any atom is 0.341 e. The first-order chi connectivity index (χ1) is 10.5. The molecule has 0 aliphatic rings. The van der Waals surface area contributed by atoms with Gasteiger partial charge in [-0.15, -0.1) is 5.10 Å². The minimum Gasteiger partial charge on any atom is -0.507 e. The molecule has 1 heterocycles. The highest BCUT2D eigenvalue weighted by molar-refractivity contribution is 7.99. The molecule has 1 amide bonds. The number of aromatic nitrogens is 4. The zero-order valence-corrected chi connectivity index (χ0v) is 12.6. The molecule has 2 aromatic rings. The van der Waals surface area contributed by atoms with E-state index in [-0.39, 0.29) is 23.0 Å². The second kappa shape index (κ2) is 6.89. The molecule has 0 bridgehead atoms. The number of nitrogens with one attached hydrogen (secondary N) is 1. The highest BCUT2D eigenvalue weighted by Gasteiger charge is 2.13. The van der Waals surface area contributed by atoms with Gasteiger partial charge in [0.05, 0.1) is 12.9 Å². The molecule has 0 atom stereocenters. The van der Waals surface area contributed by atoms with E-state index in [1.54, 1.807) is 7.05 Å². The Hall–Kier alpha value is -2.62. The number of aromatic hydroxyl groups is 1. The van der Waals surface area contributed by atoms with Gasteiger partial charge < -0.3 is 15.2 Å². The minimum absolute atomic E-state index is 0.0278. The standard InChI is InChI=1S/C12H13N5O4S/c1-17-12(14-15-16-17)22-6-10(19)13-7-3-4-8(9(18)5-7)11(20)21-2/h3-5,18H,6H2,1-2H3,(H,13,19). The fourth-order valence-electron chi connectivity index (χ4n) is 1.56. The summed E-state index contributed by atoms with van der Waals surface area (Å²) in [5.41, 5.74) is 0.395. The summed E-state index contributed by atoms with van der Waals surface area (Å²) >= 11 is 1.18. The molecule has 0 saturated heterocycles. The van der Waals surface area contributed by atoms with Crippen LogP contribution in [0.3, 0.4) is 0 Å². The molecule has 0 saturated carbocycles. The van der Waals surface area contributed by atoms with Gasteiger partial charge in [-0.3, -0.25) is 4.79 Å². The van der Waals surface area contributed by atoms with Crippen LogP contribution >= 0.6 is 11.8 Å². The Labute approximate surface area is 129 Å². The average molecular weight is 323 g/mol. The van der Waals surface area contributed by atoms with E-state index in [9.17, 15) is 14.7 Å². The molecule has 9 nitrogen and oxygen atoms in total. The van der Waals surface area contributed by atoms with Crippen LogP contribution < -0.4 is 5.32 Å². The van der Waals surface area contributed by atoms with Crippen LogP contribution in [0, 0.1) is 0 Å². The molecule has 0 radical (unpaired) electrons. The first-order valence-corrected chi connectivity index (χ1v) is 7.06. The third-order valence-corrected chi connectivity index (χ3v) is 3.61. The first-order valence-electron chi connectivity index (χ1n) is 6.07. The third kappa shape index (κ3) is 3.73. The molecule has 0 aliphatic heterocycles. The number of phenolic OH excluding ortho intramolecular Hbond substituents is 1. The van der Waals surface area contributed by atoms with Gasteiger partial charge in [-0.1, -0.05) is 11.8 Å². The Morgan fingerprint density at radius 1 is 1.45 bits per heavy atom. The number of hydrogen-bond donors (Lipinski definition) is 2. The van der Waals surface area contributed by atoms with Crippen LogP contribution in [0.2, 0.25) is 0 Å². The van der Waals surface area contributed by atoms with E-state index in [2.05, 4.69) is 25.6 Å². The lowest BCUT2D eigenvalue weighted by atomic mass is 10.2. The van der Waals surface area contributed by atoms with Crippen LogP contribution in [0.15, 0.2) is 23.4 Å². The number of tetrazole rings is 1. The normalized spacial score (nSPS) is 10.3. The Morgan fingerprint density at radius 3 is 2.82 bits per heavy atom. The number of hydrogen-bond acceptors (Lipinski definition) is 8. The maximum atomic E-state index is 11.8. The number of ether oxygens (including phenoxy) is 1. The maximum absolute atomic E-state index is 11.8. The van der Waals surface area contributed by atoms with E-state index in [0.717, 1.165) is 0 Å². The summed E-state index contributed by atoms with van der Waals surface area (Å²) in [5.74, 6) is -1.11. The van der Waals surface area contributed by atoms with Gasteiger partial charge in [-0.2, -0.15) is 0 Å². The second-order valence-electron chi connectivity index (χ2n) is 4.15. The van der Waals surface area contributed by atoms with Gasteiger partial charge in [0.25, 0.3) is 0 Å². The van der Waals surface area contributed by atoms with Crippen LogP contribution in [-0.4, -0.2) is 50.1 Å². The highest BCUT2D eigenvalue weighted by Crippen LogP contribution is 2.23. The summed E-state index contributed by atoms with van der Waals surface area (Å²) in [7, 11) is 2.89. The summed E-state index contributed by atoms with van der Waals surface area (Å²) < 4.78 is 5.97. The summed E-state index contributed by atoms with van der Waals surface area (Å²) in [6.45, 7) is 0. The molecule has 1 aromatic heterocycles. The van der Waals surface area contributed by atoms with Gasteiger partial charge in [0, 0.05) is 18.8 Å². The predicted molar refractivity (Wildman–Crippen MR) is 77.6 cm³/mol. The van der Waals surface area contributed by atoms with Crippen molar-refractivity contribution in [3.05, 3.63) is 23.8 Å². The topological polar surface area (TPSA) is 119 Å². The fourth-order valence-corrected chi connectivity index (χ4v) is 2.21. The van der Waals surface area contributed by atoms with E-state index in [1.807, 2.05) is 0 Å². The molecule has 0 unspecified atom stereocenters. The van der Waals surface area contributed by atoms with Gasteiger partial charge in [0.1, 0.15) is 11.3 Å². The van der Waals surface area contributed by atoms with Crippen molar-refractivity contribution in [3.63, 3.8) is 0 Å². The van der Waals surface area contributed by atoms with Gasteiger partial charge in [-0.05, 0) is 22.6 Å². The highest BCUT2D eigenvalue weighted by atomic mass is 32.2. The summed E-state index contributed by atoms with van der Waals surface area (Å²) in [6, 6.07) is 4.15. The van der Waals surface area contributed by atoms with Crippen molar-refractivity contribution in [2.24, 2.45) is 7.05 Å². The molecule has 116 valence electrons. The summed E-state index contributed by atoms with van der Waals surface area (Å²) in [5, 5.41) is 23.7. The van der Waals surface area contributed by atoms with Crippen LogP contribution in [0.25, 0.3) is 0 Å². The monoisotopic (exact) mass is 323 g/mol. The summed E-state index contributed by atoms with van der Waals surface area (Å²) in [4.78, 5) is 23.2. The SMILES string of the molecule is COC(=O)c1ccc(NC(=O)CSc2nnnn2C)cc1O. The lowest BCUT2D eigenvalue weighted by Gasteiger charge is -2.07. The lowest BCUT2D eigenvalue weighted by Crippen LogP contribution is -2.14. The molecule has 2 rings (SSSR count). The third-order valence-electron chi connectivity index (χ3n) is 2.60. The number of carbonyl (C=O) groups is 2. The number of nitrogens with zero attached hydrogens (tertiary/aromatic N) is 4. The second-order valence-corrected chi connectivity index (χ2v) is 5.09. The predicted octanol–water partition coefficient (Wildman–Crippen LogP) is 0.433. The Kier molecular flexibility index (Phi) is 4.94. The Morgan fingerprint density at radius 2 is 2.23 bits per heavy atom. The van der Waals surface area contributed by atoms with Crippen molar-refractivity contribution in [2.75, 3.05) is 18.2 Å². The van der Waals surface area contributed by atoms with E-state index in [4.69, 9.17) is 0 Å². The van der Waals surface area contributed by atoms with Crippen LogP contribution in [0.4, 0.5) is 5.69 Å². The number of phenols is 1. The number of aryl methyl sites for hydroxylation is 1. The number of amides is 1. The van der Waals surface area contributed by atoms with Crippen LogP contribution in [0.5, 0.6) is 5.75 Å². The van der Waals surface area contributed by atoms with Gasteiger partial charge in [0.15, 0.2) is 0 Å². The van der Waals surface area contributed by atoms with E-state index < -0.39 is 5.97 Å².